The molecule has 248 valence electrons. The number of fused-ring (bicyclic) bond motifs is 16. The Balaban J connectivity index is 0.00000338. The maximum absolute atomic E-state index is 6.56. The molecule has 0 spiro atoms. The van der Waals surface area contributed by atoms with Crippen LogP contribution in [0.2, 0.25) is 0 Å². The van der Waals surface area contributed by atoms with E-state index in [-0.39, 0.29) is 20.4 Å². The standard InChI is InChI=1S/C45H27N5O.Pd/c1-26-9-7-10-27(2)42(26)28-16-19-32-31-20-17-29(24-34(31)44-47-37-12-4-6-14-39(37)50(44)41(32)23-28)51-30-18-21-33-35(25-30)45-48-36-11-3-5-13-38(36)49(45)40-15-8-22-46-43(33)40;/h3-23H,1-2H3;/q-2;+2. The molecule has 0 aliphatic heterocycles. The maximum Gasteiger partial charge on any atom is 2.00 e. The molecule has 0 aliphatic rings. The third kappa shape index (κ3) is 4.37. The molecule has 5 heterocycles. The van der Waals surface area contributed by atoms with Gasteiger partial charge in [-0.2, -0.15) is 0 Å². The number of para-hydroxylation sites is 4. The van der Waals surface area contributed by atoms with Gasteiger partial charge in [0.05, 0.1) is 44.4 Å². The zero-order chi connectivity index (χ0) is 33.8. The number of benzene rings is 6. The van der Waals surface area contributed by atoms with Crippen molar-refractivity contribution in [3.8, 4) is 22.6 Å². The summed E-state index contributed by atoms with van der Waals surface area (Å²) < 4.78 is 11.0. The molecule has 0 bridgehead atoms. The van der Waals surface area contributed by atoms with Crippen molar-refractivity contribution in [1.29, 1.82) is 0 Å². The molecule has 7 heteroatoms. The Morgan fingerprint density at radius 2 is 1.12 bits per heavy atom. The average Bonchev–Trinajstić information content (AvgIpc) is 3.75. The molecular weight excluding hydrogens is 733 g/mol. The Kier molecular flexibility index (Phi) is 6.75. The first-order valence-electron chi connectivity index (χ1n) is 17.0. The van der Waals surface area contributed by atoms with Gasteiger partial charge in [0.1, 0.15) is 0 Å². The SMILES string of the molecule is Cc1cccc(C)c1-c1ccc2c3ccc(Oc4[c-]c5c(cc4)c4ncccc4n4c6ccccc6nc54)[c-]c3c3nc4ccccc4n3c2c1.[Pd+2]. The monoisotopic (exact) mass is 759 g/mol. The summed E-state index contributed by atoms with van der Waals surface area (Å²) in [4.78, 5) is 15.0. The number of hydrogen-bond donors (Lipinski definition) is 0. The van der Waals surface area contributed by atoms with Gasteiger partial charge >= 0.3 is 20.4 Å². The Morgan fingerprint density at radius 1 is 0.538 bits per heavy atom. The zero-order valence-electron chi connectivity index (χ0n) is 28.1. The van der Waals surface area contributed by atoms with Crippen LogP contribution in [0.25, 0.3) is 88.0 Å². The molecular formula is C45H27N5OPd. The van der Waals surface area contributed by atoms with Gasteiger partial charge in [0.2, 0.25) is 0 Å². The summed E-state index contributed by atoms with van der Waals surface area (Å²) in [5.74, 6) is 1.16. The van der Waals surface area contributed by atoms with Gasteiger partial charge in [-0.05, 0) is 84.0 Å². The van der Waals surface area contributed by atoms with Crippen molar-refractivity contribution >= 4 is 76.8 Å². The largest absolute Gasteiger partial charge is 2.00 e. The molecule has 0 aliphatic carbocycles. The Hall–Kier alpha value is -6.13. The molecule has 0 fully saturated rings. The second kappa shape index (κ2) is 11.4. The van der Waals surface area contributed by atoms with Crippen LogP contribution in [0.1, 0.15) is 11.1 Å². The fraction of sp³-hybridized carbons (Fsp3) is 0.0444. The van der Waals surface area contributed by atoms with Crippen molar-refractivity contribution in [2.75, 3.05) is 0 Å². The normalized spacial score (nSPS) is 11.9. The van der Waals surface area contributed by atoms with Gasteiger partial charge in [-0.15, -0.1) is 12.1 Å². The molecule has 0 saturated heterocycles. The Labute approximate surface area is 311 Å². The predicted octanol–water partition coefficient (Wildman–Crippen LogP) is 11.0. The molecule has 11 aromatic rings. The van der Waals surface area contributed by atoms with Gasteiger partial charge in [0.25, 0.3) is 0 Å². The van der Waals surface area contributed by atoms with Gasteiger partial charge in [0.15, 0.2) is 0 Å². The zero-order valence-corrected chi connectivity index (χ0v) is 29.6. The Morgan fingerprint density at radius 3 is 1.81 bits per heavy atom. The topological polar surface area (TPSA) is 56.7 Å². The molecule has 0 N–H and O–H groups in total. The summed E-state index contributed by atoms with van der Waals surface area (Å²) in [5.41, 5.74) is 13.6. The van der Waals surface area contributed by atoms with E-state index in [4.69, 9.17) is 19.7 Å². The van der Waals surface area contributed by atoms with Gasteiger partial charge < -0.3 is 13.5 Å². The quantitative estimate of drug-likeness (QED) is 0.102. The van der Waals surface area contributed by atoms with Gasteiger partial charge in [-0.25, -0.2) is 0 Å². The third-order valence-corrected chi connectivity index (χ3v) is 10.2. The van der Waals surface area contributed by atoms with Crippen molar-refractivity contribution in [1.82, 2.24) is 23.8 Å². The van der Waals surface area contributed by atoms with Gasteiger partial charge in [-0.3, -0.25) is 15.0 Å². The van der Waals surface area contributed by atoms with E-state index in [1.807, 2.05) is 48.7 Å². The number of imidazole rings is 2. The van der Waals surface area contributed by atoms with Crippen LogP contribution >= 0.6 is 0 Å². The van der Waals surface area contributed by atoms with Crippen molar-refractivity contribution in [2.45, 2.75) is 13.8 Å². The molecule has 11 rings (SSSR count). The first-order chi connectivity index (χ1) is 25.1. The summed E-state index contributed by atoms with van der Waals surface area (Å²) in [6.07, 6.45) is 1.83. The smallest absolute Gasteiger partial charge is 0.497 e. The van der Waals surface area contributed by atoms with E-state index in [1.165, 1.54) is 22.3 Å². The second-order valence-electron chi connectivity index (χ2n) is 13.2. The number of ether oxygens (including phenoxy) is 1. The molecule has 6 aromatic carbocycles. The molecule has 52 heavy (non-hydrogen) atoms. The fourth-order valence-corrected chi connectivity index (χ4v) is 7.99. The van der Waals surface area contributed by atoms with Crippen LogP contribution in [0.4, 0.5) is 0 Å². The predicted molar refractivity (Wildman–Crippen MR) is 206 cm³/mol. The summed E-state index contributed by atoms with van der Waals surface area (Å²) >= 11 is 0. The fourth-order valence-electron chi connectivity index (χ4n) is 7.99. The maximum atomic E-state index is 6.56. The van der Waals surface area contributed by atoms with Gasteiger partial charge in [-0.1, -0.05) is 100 Å². The number of aryl methyl sites for hydroxylation is 2. The number of nitrogens with zero attached hydrogens (tertiary/aromatic N) is 5. The van der Waals surface area contributed by atoms with Crippen LogP contribution in [0.3, 0.4) is 0 Å². The van der Waals surface area contributed by atoms with E-state index in [1.54, 1.807) is 0 Å². The first kappa shape index (κ1) is 30.7. The molecule has 0 unspecified atom stereocenters. The van der Waals surface area contributed by atoms with E-state index in [9.17, 15) is 0 Å². The van der Waals surface area contributed by atoms with E-state index in [0.29, 0.717) is 11.5 Å². The van der Waals surface area contributed by atoms with E-state index in [2.05, 4.69) is 114 Å². The van der Waals surface area contributed by atoms with Crippen LogP contribution in [0.15, 0.2) is 128 Å². The molecule has 6 nitrogen and oxygen atoms in total. The minimum Gasteiger partial charge on any atom is -0.497 e. The molecule has 0 saturated carbocycles. The average molecular weight is 760 g/mol. The van der Waals surface area contributed by atoms with Crippen LogP contribution in [-0.2, 0) is 20.4 Å². The summed E-state index contributed by atoms with van der Waals surface area (Å²) in [6, 6.07) is 49.1. The van der Waals surface area contributed by atoms with Crippen LogP contribution in [0, 0.1) is 26.0 Å². The van der Waals surface area contributed by atoms with Crippen LogP contribution in [0.5, 0.6) is 11.5 Å². The number of pyridine rings is 3. The molecule has 5 aromatic heterocycles. The Bertz CT molecular complexity index is 3250. The van der Waals surface area contributed by atoms with Crippen molar-refractivity contribution in [2.24, 2.45) is 0 Å². The van der Waals surface area contributed by atoms with Crippen LogP contribution in [-0.4, -0.2) is 23.8 Å². The minimum atomic E-state index is 0. The minimum absolute atomic E-state index is 0. The second-order valence-corrected chi connectivity index (χ2v) is 13.2. The van der Waals surface area contributed by atoms with E-state index >= 15 is 0 Å². The van der Waals surface area contributed by atoms with Crippen molar-refractivity contribution in [3.05, 3.63) is 151 Å². The van der Waals surface area contributed by atoms with Crippen LogP contribution < -0.4 is 4.74 Å². The number of hydrogen-bond acceptors (Lipinski definition) is 4. The summed E-state index contributed by atoms with van der Waals surface area (Å²) in [7, 11) is 0. The molecule has 0 radical (unpaired) electrons. The van der Waals surface area contributed by atoms with E-state index in [0.717, 1.165) is 76.8 Å². The number of aromatic nitrogens is 5. The molecule has 0 amide bonds. The molecule has 0 atom stereocenters. The van der Waals surface area contributed by atoms with Crippen molar-refractivity contribution in [3.63, 3.8) is 0 Å². The van der Waals surface area contributed by atoms with E-state index < -0.39 is 0 Å². The summed E-state index contributed by atoms with van der Waals surface area (Å²) in [6.45, 7) is 4.36. The third-order valence-electron chi connectivity index (χ3n) is 10.2. The van der Waals surface area contributed by atoms with Gasteiger partial charge in [0, 0.05) is 23.2 Å². The summed E-state index contributed by atoms with van der Waals surface area (Å²) in [5, 5.41) is 4.92. The first-order valence-corrected chi connectivity index (χ1v) is 17.0. The van der Waals surface area contributed by atoms with Crippen molar-refractivity contribution < 1.29 is 25.2 Å². The number of rotatable bonds is 3.